The van der Waals surface area contributed by atoms with Crippen LogP contribution in [-0.4, -0.2) is 33.4 Å². The molecule has 2 rings (SSSR count). The molecule has 0 aromatic rings. The van der Waals surface area contributed by atoms with E-state index in [4.69, 9.17) is 12.2 Å². The summed E-state index contributed by atoms with van der Waals surface area (Å²) in [6.45, 7) is 5.92. The zero-order valence-corrected chi connectivity index (χ0v) is 12.7. The minimum Gasteiger partial charge on any atom is -0.346 e. The molecule has 2 aliphatic rings. The quantitative estimate of drug-likeness (QED) is 0.594. The van der Waals surface area contributed by atoms with Gasteiger partial charge in [0.25, 0.3) is 0 Å². The molecular formula is C14H20N4OS. The van der Waals surface area contributed by atoms with Crippen LogP contribution in [-0.2, 0) is 0 Å². The molecule has 0 bridgehead atoms. The third-order valence-corrected chi connectivity index (χ3v) is 3.76. The van der Waals surface area contributed by atoms with Gasteiger partial charge < -0.3 is 4.90 Å². The topological polar surface area (TPSA) is 51.4 Å². The zero-order valence-electron chi connectivity index (χ0n) is 11.9. The van der Waals surface area contributed by atoms with Gasteiger partial charge in [0.2, 0.25) is 5.11 Å². The average molecular weight is 292 g/mol. The predicted molar refractivity (Wildman–Crippen MR) is 82.0 cm³/mol. The van der Waals surface area contributed by atoms with Crippen molar-refractivity contribution in [3.05, 3.63) is 35.8 Å². The van der Waals surface area contributed by atoms with E-state index < -0.39 is 0 Å². The molecule has 0 saturated carbocycles. The van der Waals surface area contributed by atoms with Gasteiger partial charge in [0.1, 0.15) is 0 Å². The van der Waals surface area contributed by atoms with E-state index in [1.54, 1.807) is 25.3 Å². The van der Waals surface area contributed by atoms with E-state index in [1.807, 2.05) is 6.08 Å². The number of piperidine rings is 1. The largest absolute Gasteiger partial charge is 0.346 e. The van der Waals surface area contributed by atoms with Gasteiger partial charge in [-0.05, 0) is 50.1 Å². The monoisotopic (exact) mass is 292 g/mol. The maximum Gasteiger partial charge on any atom is 0.216 e. The lowest BCUT2D eigenvalue weighted by molar-refractivity contribution is -0.00149. The van der Waals surface area contributed by atoms with Gasteiger partial charge in [0, 0.05) is 19.3 Å². The van der Waals surface area contributed by atoms with E-state index in [0.29, 0.717) is 22.4 Å². The summed E-state index contributed by atoms with van der Waals surface area (Å²) in [7, 11) is 0. The highest BCUT2D eigenvalue weighted by molar-refractivity contribution is 7.80. The molecular weight excluding hydrogens is 272 g/mol. The van der Waals surface area contributed by atoms with Crippen LogP contribution >= 0.6 is 12.2 Å². The number of azo groups is 1. The Morgan fingerprint density at radius 2 is 2.20 bits per heavy atom. The van der Waals surface area contributed by atoms with Crippen LogP contribution in [0.5, 0.6) is 0 Å². The van der Waals surface area contributed by atoms with Gasteiger partial charge >= 0.3 is 0 Å². The molecule has 2 heterocycles. The Hall–Kier alpha value is -1.53. The number of likely N-dealkylation sites (tertiary alicyclic amines) is 1. The van der Waals surface area contributed by atoms with Crippen LogP contribution in [0.4, 0.5) is 0 Å². The number of hydroxylamine groups is 2. The van der Waals surface area contributed by atoms with Crippen molar-refractivity contribution >= 4 is 17.3 Å². The summed E-state index contributed by atoms with van der Waals surface area (Å²) in [5, 5.41) is 19.5. The number of hydrogen-bond acceptors (Lipinski definition) is 4. The molecule has 0 amide bonds. The Bertz CT molecular complexity index is 495. The van der Waals surface area contributed by atoms with Gasteiger partial charge in [-0.2, -0.15) is 5.11 Å². The van der Waals surface area contributed by atoms with E-state index >= 15 is 0 Å². The summed E-state index contributed by atoms with van der Waals surface area (Å²) in [5.74, 6) is 0.649. The number of thiocarbonyl (C=S) groups is 1. The molecule has 0 aromatic carbocycles. The third kappa shape index (κ3) is 3.74. The second kappa shape index (κ2) is 6.76. The van der Waals surface area contributed by atoms with E-state index in [0.717, 1.165) is 24.6 Å². The van der Waals surface area contributed by atoms with E-state index in [9.17, 15) is 5.21 Å². The van der Waals surface area contributed by atoms with Crippen LogP contribution in [0.3, 0.4) is 0 Å². The van der Waals surface area contributed by atoms with Crippen molar-refractivity contribution in [2.24, 2.45) is 16.1 Å². The first-order valence-electron chi connectivity index (χ1n) is 6.82. The highest BCUT2D eigenvalue weighted by atomic mass is 32.1. The van der Waals surface area contributed by atoms with Gasteiger partial charge in [-0.1, -0.05) is 13.0 Å². The highest BCUT2D eigenvalue weighted by Crippen LogP contribution is 2.18. The standard InChI is InChI=1S/C14H20N4OS/c1-11-6-5-8-17(10-11)14(20)16-15-12(2)13-7-3-4-9-18(13)19/h3-4,7,9,11,19H,5-6,8,10H2,1-2H3/t11-/m1/s1. The number of rotatable bonds is 1. The fourth-order valence-electron chi connectivity index (χ4n) is 2.32. The first kappa shape index (κ1) is 14.9. The minimum atomic E-state index is 0.524. The molecule has 20 heavy (non-hydrogen) atoms. The molecule has 0 spiro atoms. The van der Waals surface area contributed by atoms with Crippen LogP contribution in [0.25, 0.3) is 0 Å². The fourth-order valence-corrected chi connectivity index (χ4v) is 2.52. The minimum absolute atomic E-state index is 0.524. The Morgan fingerprint density at radius 1 is 1.40 bits per heavy atom. The summed E-state index contributed by atoms with van der Waals surface area (Å²) in [4.78, 5) is 2.10. The molecule has 1 fully saturated rings. The first-order valence-corrected chi connectivity index (χ1v) is 7.23. The normalized spacial score (nSPS) is 25.4. The molecule has 108 valence electrons. The summed E-state index contributed by atoms with van der Waals surface area (Å²) < 4.78 is 0. The Balaban J connectivity index is 2.01. The van der Waals surface area contributed by atoms with Gasteiger partial charge in [-0.25, -0.2) is 5.06 Å². The second-order valence-corrected chi connectivity index (χ2v) is 5.56. The zero-order chi connectivity index (χ0) is 14.5. The number of hydrogen-bond donors (Lipinski definition) is 1. The van der Waals surface area contributed by atoms with E-state index in [1.165, 1.54) is 6.42 Å². The Morgan fingerprint density at radius 3 is 2.90 bits per heavy atom. The van der Waals surface area contributed by atoms with Gasteiger partial charge in [0.15, 0.2) is 0 Å². The molecule has 0 radical (unpaired) electrons. The van der Waals surface area contributed by atoms with Crippen LogP contribution in [0.15, 0.2) is 46.1 Å². The average Bonchev–Trinajstić information content (AvgIpc) is 2.45. The van der Waals surface area contributed by atoms with Crippen LogP contribution in [0, 0.1) is 5.92 Å². The maximum absolute atomic E-state index is 9.68. The van der Waals surface area contributed by atoms with Gasteiger partial charge in [-0.15, -0.1) is 5.11 Å². The summed E-state index contributed by atoms with van der Waals surface area (Å²) in [6, 6.07) is 0. The fraction of sp³-hybridized carbons (Fsp3) is 0.500. The SMILES string of the molecule is CC(N=NC(=S)N1CCC[C@@H](C)C1)=C1C=CC=CN1O. The smallest absolute Gasteiger partial charge is 0.216 e. The predicted octanol–water partition coefficient (Wildman–Crippen LogP) is 3.46. The van der Waals surface area contributed by atoms with Crippen LogP contribution < -0.4 is 0 Å². The molecule has 1 saturated heterocycles. The second-order valence-electron chi connectivity index (χ2n) is 5.19. The number of nitrogens with zero attached hydrogens (tertiary/aromatic N) is 4. The van der Waals surface area contributed by atoms with Crippen molar-refractivity contribution in [2.75, 3.05) is 13.1 Å². The lowest BCUT2D eigenvalue weighted by Gasteiger charge is -2.30. The molecule has 0 aromatic heterocycles. The molecule has 1 atom stereocenters. The summed E-state index contributed by atoms with van der Waals surface area (Å²) in [5.41, 5.74) is 1.23. The summed E-state index contributed by atoms with van der Waals surface area (Å²) >= 11 is 5.31. The first-order chi connectivity index (χ1) is 9.58. The van der Waals surface area contributed by atoms with Crippen LogP contribution in [0.1, 0.15) is 26.7 Å². The lowest BCUT2D eigenvalue weighted by atomic mass is 10.0. The van der Waals surface area contributed by atoms with Crippen molar-refractivity contribution in [1.82, 2.24) is 9.96 Å². The molecule has 0 aliphatic carbocycles. The molecule has 6 heteroatoms. The van der Waals surface area contributed by atoms with Crippen molar-refractivity contribution < 1.29 is 5.21 Å². The third-order valence-electron chi connectivity index (χ3n) is 3.42. The Labute approximate surface area is 124 Å². The van der Waals surface area contributed by atoms with Crippen molar-refractivity contribution in [1.29, 1.82) is 0 Å². The number of allylic oxidation sites excluding steroid dienone is 4. The molecule has 1 N–H and O–H groups in total. The van der Waals surface area contributed by atoms with Gasteiger partial charge in [0.05, 0.1) is 11.4 Å². The van der Waals surface area contributed by atoms with E-state index in [-0.39, 0.29) is 0 Å². The van der Waals surface area contributed by atoms with Crippen molar-refractivity contribution in [3.63, 3.8) is 0 Å². The maximum atomic E-state index is 9.68. The molecule has 5 nitrogen and oxygen atoms in total. The Kier molecular flexibility index (Phi) is 5.03. The highest BCUT2D eigenvalue weighted by Gasteiger charge is 2.18. The van der Waals surface area contributed by atoms with Crippen molar-refractivity contribution in [3.8, 4) is 0 Å². The molecule has 2 aliphatic heterocycles. The van der Waals surface area contributed by atoms with Crippen molar-refractivity contribution in [2.45, 2.75) is 26.7 Å². The summed E-state index contributed by atoms with van der Waals surface area (Å²) in [6.07, 6.45) is 9.31. The van der Waals surface area contributed by atoms with E-state index in [2.05, 4.69) is 22.1 Å². The van der Waals surface area contributed by atoms with Gasteiger partial charge in [-0.3, -0.25) is 5.21 Å². The van der Waals surface area contributed by atoms with Crippen LogP contribution in [0.2, 0.25) is 0 Å². The molecule has 0 unspecified atom stereocenters. The lowest BCUT2D eigenvalue weighted by Crippen LogP contribution is -2.37.